The van der Waals surface area contributed by atoms with Crippen molar-refractivity contribution in [2.45, 2.75) is 10.4 Å². The molecule has 0 aliphatic rings. The second kappa shape index (κ2) is 6.20. The maximum atomic E-state index is 13.8. The number of aliphatic hydroxyl groups is 3. The summed E-state index contributed by atoms with van der Waals surface area (Å²) in [7, 11) is -4.50. The number of nitrogen functional groups attached to an aromatic ring is 1. The lowest BCUT2D eigenvalue weighted by molar-refractivity contribution is 0.0581. The van der Waals surface area contributed by atoms with Crippen LogP contribution in [0, 0.1) is 5.82 Å². The van der Waals surface area contributed by atoms with Gasteiger partial charge in [0.1, 0.15) is 10.4 Å². The van der Waals surface area contributed by atoms with Crippen molar-refractivity contribution in [1.82, 2.24) is 4.72 Å². The van der Waals surface area contributed by atoms with Crippen LogP contribution >= 0.6 is 11.6 Å². The monoisotopic (exact) mass is 328 g/mol. The number of halogens is 2. The van der Waals surface area contributed by atoms with Crippen molar-refractivity contribution in [1.29, 1.82) is 0 Å². The predicted molar refractivity (Wildman–Crippen MR) is 70.1 cm³/mol. The van der Waals surface area contributed by atoms with Crippen LogP contribution in [0.15, 0.2) is 17.0 Å². The van der Waals surface area contributed by atoms with Gasteiger partial charge in [0, 0.05) is 5.69 Å². The van der Waals surface area contributed by atoms with E-state index in [2.05, 4.69) is 0 Å². The zero-order valence-corrected chi connectivity index (χ0v) is 11.7. The Morgan fingerprint density at radius 2 is 1.75 bits per heavy atom. The molecule has 1 aromatic carbocycles. The average Bonchev–Trinajstić information content (AvgIpc) is 2.40. The first-order chi connectivity index (χ1) is 9.21. The molecule has 20 heavy (non-hydrogen) atoms. The minimum atomic E-state index is -4.50. The van der Waals surface area contributed by atoms with E-state index < -0.39 is 51.1 Å². The summed E-state index contributed by atoms with van der Waals surface area (Å²) in [6, 6.07) is 1.87. The van der Waals surface area contributed by atoms with E-state index >= 15 is 0 Å². The molecule has 0 aliphatic heterocycles. The largest absolute Gasteiger partial charge is 0.399 e. The Hall–Kier alpha value is -0.970. The van der Waals surface area contributed by atoms with E-state index in [1.165, 1.54) is 0 Å². The van der Waals surface area contributed by atoms with E-state index in [1.54, 1.807) is 0 Å². The average molecular weight is 329 g/mol. The van der Waals surface area contributed by atoms with Gasteiger partial charge in [-0.05, 0) is 12.1 Å². The molecule has 0 aromatic heterocycles. The van der Waals surface area contributed by atoms with E-state index in [0.29, 0.717) is 0 Å². The minimum Gasteiger partial charge on any atom is -0.399 e. The second-order valence-corrected chi connectivity index (χ2v) is 6.23. The summed E-state index contributed by atoms with van der Waals surface area (Å²) >= 11 is 5.50. The number of sulfonamides is 1. The Morgan fingerprint density at radius 1 is 1.25 bits per heavy atom. The van der Waals surface area contributed by atoms with Crippen molar-refractivity contribution in [2.75, 3.05) is 25.6 Å². The molecule has 10 heteroatoms. The van der Waals surface area contributed by atoms with E-state index in [1.807, 2.05) is 4.72 Å². The van der Waals surface area contributed by atoms with Crippen LogP contribution in [-0.4, -0.2) is 49.1 Å². The smallest absolute Gasteiger partial charge is 0.244 e. The SMILES string of the molecule is Nc1cc(Cl)c(F)c(S(=O)(=O)NC(CO)(CO)CO)c1. The van der Waals surface area contributed by atoms with Gasteiger partial charge in [0.25, 0.3) is 0 Å². The number of nitrogens with one attached hydrogen (secondary N) is 1. The molecule has 0 spiro atoms. The van der Waals surface area contributed by atoms with Gasteiger partial charge < -0.3 is 21.1 Å². The molecule has 0 amide bonds. The third kappa shape index (κ3) is 3.37. The van der Waals surface area contributed by atoms with E-state index in [9.17, 15) is 12.8 Å². The summed E-state index contributed by atoms with van der Waals surface area (Å²) in [5.41, 5.74) is 3.38. The van der Waals surface area contributed by atoms with Crippen molar-refractivity contribution < 1.29 is 28.1 Å². The number of benzene rings is 1. The van der Waals surface area contributed by atoms with Gasteiger partial charge >= 0.3 is 0 Å². The van der Waals surface area contributed by atoms with Crippen molar-refractivity contribution >= 4 is 27.3 Å². The number of hydrogen-bond donors (Lipinski definition) is 5. The fourth-order valence-corrected chi connectivity index (χ4v) is 3.16. The van der Waals surface area contributed by atoms with Crippen molar-refractivity contribution in [3.05, 3.63) is 23.0 Å². The van der Waals surface area contributed by atoms with Crippen LogP contribution in [0.25, 0.3) is 0 Å². The number of rotatable bonds is 6. The van der Waals surface area contributed by atoms with Gasteiger partial charge in [-0.3, -0.25) is 0 Å². The van der Waals surface area contributed by atoms with Gasteiger partial charge in [0.2, 0.25) is 10.0 Å². The summed E-state index contributed by atoms with van der Waals surface area (Å²) in [5.74, 6) is -1.23. The first-order valence-corrected chi connectivity index (χ1v) is 7.18. The molecule has 1 rings (SSSR count). The molecule has 0 radical (unpaired) electrons. The quantitative estimate of drug-likeness (QED) is 0.428. The van der Waals surface area contributed by atoms with Gasteiger partial charge in [-0.1, -0.05) is 11.6 Å². The normalized spacial score (nSPS) is 12.7. The second-order valence-electron chi connectivity index (χ2n) is 4.18. The number of hydrogen-bond acceptors (Lipinski definition) is 6. The standard InChI is InChI=1S/C10H14ClFN2O5S/c11-7-1-6(13)2-8(9(7)12)20(18,19)14-10(3-15,4-16)5-17/h1-2,14-17H,3-5,13H2. The molecule has 0 saturated heterocycles. The Balaban J connectivity index is 3.31. The van der Waals surface area contributed by atoms with Crippen LogP contribution in [0.5, 0.6) is 0 Å². The minimum absolute atomic E-state index is 0.0839. The van der Waals surface area contributed by atoms with Gasteiger partial charge in [0.05, 0.1) is 24.8 Å². The highest BCUT2D eigenvalue weighted by molar-refractivity contribution is 7.89. The third-order valence-electron chi connectivity index (χ3n) is 2.57. The Kier molecular flexibility index (Phi) is 5.30. The maximum Gasteiger partial charge on any atom is 0.244 e. The molecule has 7 nitrogen and oxygen atoms in total. The molecular weight excluding hydrogens is 315 g/mol. The molecule has 0 unspecified atom stereocenters. The number of anilines is 1. The topological polar surface area (TPSA) is 133 Å². The fourth-order valence-electron chi connectivity index (χ4n) is 1.37. The zero-order chi connectivity index (χ0) is 15.6. The van der Waals surface area contributed by atoms with E-state index in [-0.39, 0.29) is 5.69 Å². The Bertz CT molecular complexity index is 583. The number of nitrogens with two attached hydrogens (primary N) is 1. The van der Waals surface area contributed by atoms with Crippen molar-refractivity contribution in [3.63, 3.8) is 0 Å². The van der Waals surface area contributed by atoms with Crippen LogP contribution in [-0.2, 0) is 10.0 Å². The van der Waals surface area contributed by atoms with Crippen LogP contribution in [0.2, 0.25) is 5.02 Å². The maximum absolute atomic E-state index is 13.8. The molecule has 0 heterocycles. The highest BCUT2D eigenvalue weighted by Gasteiger charge is 2.35. The first kappa shape index (κ1) is 17.1. The summed E-state index contributed by atoms with van der Waals surface area (Å²) < 4.78 is 39.7. The van der Waals surface area contributed by atoms with Crippen molar-refractivity contribution in [3.8, 4) is 0 Å². The summed E-state index contributed by atoms with van der Waals surface area (Å²) in [6.07, 6.45) is 0. The highest BCUT2D eigenvalue weighted by Crippen LogP contribution is 2.26. The van der Waals surface area contributed by atoms with E-state index in [0.717, 1.165) is 12.1 Å². The molecule has 1 aromatic rings. The summed E-state index contributed by atoms with van der Waals surface area (Å²) in [4.78, 5) is -0.845. The van der Waals surface area contributed by atoms with Crippen LogP contribution in [0.4, 0.5) is 10.1 Å². The lowest BCUT2D eigenvalue weighted by atomic mass is 10.1. The predicted octanol–water partition coefficient (Wildman–Crippen LogP) is -0.945. The molecule has 0 saturated carbocycles. The fraction of sp³-hybridized carbons (Fsp3) is 0.400. The zero-order valence-electron chi connectivity index (χ0n) is 10.2. The lowest BCUT2D eigenvalue weighted by Gasteiger charge is -2.28. The van der Waals surface area contributed by atoms with Crippen LogP contribution in [0.3, 0.4) is 0 Å². The first-order valence-electron chi connectivity index (χ1n) is 5.32. The molecule has 114 valence electrons. The lowest BCUT2D eigenvalue weighted by Crippen LogP contribution is -2.56. The van der Waals surface area contributed by atoms with E-state index in [4.69, 9.17) is 32.7 Å². The van der Waals surface area contributed by atoms with Gasteiger partial charge in [-0.15, -0.1) is 0 Å². The van der Waals surface area contributed by atoms with Crippen LogP contribution < -0.4 is 10.5 Å². The molecular formula is C10H14ClFN2O5S. The van der Waals surface area contributed by atoms with Gasteiger partial charge in [-0.2, -0.15) is 4.72 Å². The highest BCUT2D eigenvalue weighted by atomic mass is 35.5. The molecule has 0 fully saturated rings. The van der Waals surface area contributed by atoms with Gasteiger partial charge in [-0.25, -0.2) is 12.8 Å². The molecule has 0 atom stereocenters. The van der Waals surface area contributed by atoms with Gasteiger partial charge in [0.15, 0.2) is 5.82 Å². The Morgan fingerprint density at radius 3 is 2.20 bits per heavy atom. The Labute approximate surface area is 119 Å². The number of aliphatic hydroxyl groups excluding tert-OH is 3. The summed E-state index contributed by atoms with van der Waals surface area (Å²) in [6.45, 7) is -2.68. The summed E-state index contributed by atoms with van der Waals surface area (Å²) in [5, 5.41) is 26.7. The van der Waals surface area contributed by atoms with Crippen molar-refractivity contribution in [2.24, 2.45) is 0 Å². The third-order valence-corrected chi connectivity index (χ3v) is 4.42. The van der Waals surface area contributed by atoms with Crippen LogP contribution in [0.1, 0.15) is 0 Å². The molecule has 6 N–H and O–H groups in total. The molecule has 0 bridgehead atoms. The molecule has 0 aliphatic carbocycles.